The average Bonchev–Trinajstić information content (AvgIpc) is 3.14. The first-order chi connectivity index (χ1) is 13.6. The zero-order valence-corrected chi connectivity index (χ0v) is 16.5. The molecular formula is C23H20N2O2S. The van der Waals surface area contributed by atoms with Gasteiger partial charge in [-0.3, -0.25) is 4.79 Å². The van der Waals surface area contributed by atoms with Crippen molar-refractivity contribution in [3.63, 3.8) is 0 Å². The third kappa shape index (κ3) is 3.75. The molecule has 1 heterocycles. The van der Waals surface area contributed by atoms with Crippen molar-refractivity contribution in [2.45, 2.75) is 13.8 Å². The Morgan fingerprint density at radius 2 is 1.93 bits per heavy atom. The highest BCUT2D eigenvalue weighted by Crippen LogP contribution is 2.32. The van der Waals surface area contributed by atoms with E-state index < -0.39 is 0 Å². The van der Waals surface area contributed by atoms with Crippen LogP contribution in [0.3, 0.4) is 0 Å². The molecule has 0 radical (unpaired) electrons. The van der Waals surface area contributed by atoms with Crippen LogP contribution in [0, 0.1) is 6.92 Å². The Bertz CT molecular complexity index is 1120. The van der Waals surface area contributed by atoms with Crippen molar-refractivity contribution in [3.05, 3.63) is 77.9 Å². The van der Waals surface area contributed by atoms with Crippen molar-refractivity contribution >= 4 is 33.1 Å². The molecule has 0 aliphatic heterocycles. The molecule has 0 fully saturated rings. The molecule has 4 rings (SSSR count). The molecule has 3 aromatic carbocycles. The van der Waals surface area contributed by atoms with Gasteiger partial charge in [0.25, 0.3) is 5.91 Å². The molecule has 0 aliphatic rings. The van der Waals surface area contributed by atoms with Crippen LogP contribution in [0.2, 0.25) is 0 Å². The van der Waals surface area contributed by atoms with E-state index in [4.69, 9.17) is 9.72 Å². The van der Waals surface area contributed by atoms with E-state index in [1.165, 1.54) is 4.70 Å². The zero-order valence-electron chi connectivity index (χ0n) is 15.7. The van der Waals surface area contributed by atoms with Crippen LogP contribution in [-0.2, 0) is 0 Å². The van der Waals surface area contributed by atoms with E-state index in [-0.39, 0.29) is 5.91 Å². The van der Waals surface area contributed by atoms with E-state index in [1.54, 1.807) is 23.5 Å². The number of benzene rings is 3. The predicted molar refractivity (Wildman–Crippen MR) is 115 cm³/mol. The second kappa shape index (κ2) is 7.82. The number of ether oxygens (including phenoxy) is 1. The molecule has 0 saturated heterocycles. The molecule has 28 heavy (non-hydrogen) atoms. The Balaban J connectivity index is 1.56. The van der Waals surface area contributed by atoms with Gasteiger partial charge in [0, 0.05) is 16.8 Å². The minimum atomic E-state index is -0.155. The van der Waals surface area contributed by atoms with E-state index in [2.05, 4.69) is 17.4 Å². The third-order valence-electron chi connectivity index (χ3n) is 4.42. The number of anilines is 1. The topological polar surface area (TPSA) is 51.2 Å². The van der Waals surface area contributed by atoms with Gasteiger partial charge in [0.2, 0.25) is 0 Å². The molecule has 1 aromatic heterocycles. The summed E-state index contributed by atoms with van der Waals surface area (Å²) >= 11 is 1.67. The molecule has 0 saturated carbocycles. The van der Waals surface area contributed by atoms with Crippen LogP contribution >= 0.6 is 11.3 Å². The van der Waals surface area contributed by atoms with E-state index in [0.29, 0.717) is 17.9 Å². The normalized spacial score (nSPS) is 10.8. The monoisotopic (exact) mass is 388 g/mol. The molecule has 4 aromatic rings. The number of fused-ring (bicyclic) bond motifs is 1. The number of para-hydroxylation sites is 1. The predicted octanol–water partition coefficient (Wildman–Crippen LogP) is 5.92. The van der Waals surface area contributed by atoms with Crippen molar-refractivity contribution in [1.82, 2.24) is 4.98 Å². The molecule has 0 aliphatic carbocycles. The lowest BCUT2D eigenvalue weighted by Gasteiger charge is -2.10. The summed E-state index contributed by atoms with van der Waals surface area (Å²) in [5.41, 5.74) is 4.41. The van der Waals surface area contributed by atoms with Crippen LogP contribution < -0.4 is 10.1 Å². The lowest BCUT2D eigenvalue weighted by molar-refractivity contribution is 0.102. The van der Waals surface area contributed by atoms with Gasteiger partial charge in [-0.05, 0) is 67.9 Å². The molecular weight excluding hydrogens is 368 g/mol. The molecule has 0 atom stereocenters. The molecule has 1 amide bonds. The SMILES string of the molecule is CCOc1cccc(C(=O)Nc2ccc(-c3nc4ccccc4s3)cc2C)c1. The first-order valence-corrected chi connectivity index (χ1v) is 9.96. The fraction of sp³-hybridized carbons (Fsp3) is 0.130. The lowest BCUT2D eigenvalue weighted by Crippen LogP contribution is -2.13. The molecule has 0 unspecified atom stereocenters. The fourth-order valence-electron chi connectivity index (χ4n) is 3.02. The highest BCUT2D eigenvalue weighted by atomic mass is 32.1. The van der Waals surface area contributed by atoms with Crippen molar-refractivity contribution in [3.8, 4) is 16.3 Å². The Morgan fingerprint density at radius 3 is 2.71 bits per heavy atom. The number of hydrogen-bond acceptors (Lipinski definition) is 4. The number of amides is 1. The number of nitrogens with zero attached hydrogens (tertiary/aromatic N) is 1. The molecule has 0 spiro atoms. The Hall–Kier alpha value is -3.18. The van der Waals surface area contributed by atoms with Gasteiger partial charge in [-0.15, -0.1) is 11.3 Å². The maximum atomic E-state index is 12.6. The second-order valence-electron chi connectivity index (χ2n) is 6.43. The maximum Gasteiger partial charge on any atom is 0.255 e. The van der Waals surface area contributed by atoms with Crippen molar-refractivity contribution in [2.24, 2.45) is 0 Å². The molecule has 140 valence electrons. The summed E-state index contributed by atoms with van der Waals surface area (Å²) in [5, 5.41) is 3.97. The second-order valence-corrected chi connectivity index (χ2v) is 7.46. The minimum absolute atomic E-state index is 0.155. The highest BCUT2D eigenvalue weighted by Gasteiger charge is 2.11. The Morgan fingerprint density at radius 1 is 1.07 bits per heavy atom. The van der Waals surface area contributed by atoms with Gasteiger partial charge < -0.3 is 10.1 Å². The first-order valence-electron chi connectivity index (χ1n) is 9.15. The number of aryl methyl sites for hydroxylation is 1. The summed E-state index contributed by atoms with van der Waals surface area (Å²) in [4.78, 5) is 17.3. The molecule has 0 bridgehead atoms. The fourth-order valence-corrected chi connectivity index (χ4v) is 3.98. The van der Waals surface area contributed by atoms with Crippen LogP contribution in [0.25, 0.3) is 20.8 Å². The quantitative estimate of drug-likeness (QED) is 0.461. The first kappa shape index (κ1) is 18.2. The Kier molecular flexibility index (Phi) is 5.08. The number of thiazole rings is 1. The van der Waals surface area contributed by atoms with Crippen LogP contribution in [-0.4, -0.2) is 17.5 Å². The largest absolute Gasteiger partial charge is 0.494 e. The summed E-state index contributed by atoms with van der Waals surface area (Å²) in [7, 11) is 0. The van der Waals surface area contributed by atoms with Gasteiger partial charge >= 0.3 is 0 Å². The smallest absolute Gasteiger partial charge is 0.255 e. The summed E-state index contributed by atoms with van der Waals surface area (Å²) in [6, 6.07) is 21.3. The number of nitrogens with one attached hydrogen (secondary N) is 1. The van der Waals surface area contributed by atoms with Crippen LogP contribution in [0.4, 0.5) is 5.69 Å². The third-order valence-corrected chi connectivity index (χ3v) is 5.51. The molecule has 4 nitrogen and oxygen atoms in total. The number of rotatable bonds is 5. The highest BCUT2D eigenvalue weighted by molar-refractivity contribution is 7.21. The maximum absolute atomic E-state index is 12.6. The van der Waals surface area contributed by atoms with Crippen molar-refractivity contribution in [1.29, 1.82) is 0 Å². The zero-order chi connectivity index (χ0) is 19.5. The van der Waals surface area contributed by atoms with Gasteiger partial charge in [-0.1, -0.05) is 18.2 Å². The van der Waals surface area contributed by atoms with Gasteiger partial charge in [-0.2, -0.15) is 0 Å². The number of hydrogen-bond donors (Lipinski definition) is 1. The van der Waals surface area contributed by atoms with E-state index in [9.17, 15) is 4.79 Å². The van der Waals surface area contributed by atoms with E-state index in [0.717, 1.165) is 27.3 Å². The standard InChI is InChI=1S/C23H20N2O2S/c1-3-27-18-8-6-7-16(14-18)22(26)24-19-12-11-17(13-15(19)2)23-25-20-9-4-5-10-21(20)28-23/h4-14H,3H2,1-2H3,(H,24,26). The summed E-state index contributed by atoms with van der Waals surface area (Å²) in [5.74, 6) is 0.537. The van der Waals surface area contributed by atoms with Gasteiger partial charge in [0.15, 0.2) is 0 Å². The number of aromatic nitrogens is 1. The van der Waals surface area contributed by atoms with Crippen LogP contribution in [0.15, 0.2) is 66.7 Å². The van der Waals surface area contributed by atoms with Crippen molar-refractivity contribution < 1.29 is 9.53 Å². The molecule has 1 N–H and O–H groups in total. The molecule has 5 heteroatoms. The van der Waals surface area contributed by atoms with Gasteiger partial charge in [0.1, 0.15) is 10.8 Å². The number of carbonyl (C=O) groups excluding carboxylic acids is 1. The van der Waals surface area contributed by atoms with Crippen LogP contribution in [0.5, 0.6) is 5.75 Å². The van der Waals surface area contributed by atoms with E-state index in [1.807, 2.05) is 56.3 Å². The van der Waals surface area contributed by atoms with Crippen LogP contribution in [0.1, 0.15) is 22.8 Å². The Labute approximate surface area is 167 Å². The minimum Gasteiger partial charge on any atom is -0.494 e. The summed E-state index contributed by atoms with van der Waals surface area (Å²) < 4.78 is 6.64. The summed E-state index contributed by atoms with van der Waals surface area (Å²) in [6.07, 6.45) is 0. The lowest BCUT2D eigenvalue weighted by atomic mass is 10.1. The van der Waals surface area contributed by atoms with Gasteiger partial charge in [-0.25, -0.2) is 4.98 Å². The van der Waals surface area contributed by atoms with E-state index >= 15 is 0 Å². The average molecular weight is 388 g/mol. The van der Waals surface area contributed by atoms with Gasteiger partial charge in [0.05, 0.1) is 16.8 Å². The summed E-state index contributed by atoms with van der Waals surface area (Å²) in [6.45, 7) is 4.48. The number of carbonyl (C=O) groups is 1. The van der Waals surface area contributed by atoms with Crippen molar-refractivity contribution in [2.75, 3.05) is 11.9 Å².